The number of ketones is 1. The summed E-state index contributed by atoms with van der Waals surface area (Å²) in [7, 11) is 0. The number of Topliss-reactive ketones (excluding diaryl/α,β-unsaturated/α-hetero) is 1. The average Bonchev–Trinajstić information content (AvgIpc) is 2.55. The van der Waals surface area contributed by atoms with E-state index in [0.29, 0.717) is 12.2 Å². The standard InChI is InChI=1S/C9H13N3O/c1-9(12-7-10-6-11-12)4-2-3-8(13)5-9/h6-7H,2-5H2,1H3. The van der Waals surface area contributed by atoms with Crippen molar-refractivity contribution in [2.75, 3.05) is 0 Å². The van der Waals surface area contributed by atoms with Crippen molar-refractivity contribution >= 4 is 5.78 Å². The van der Waals surface area contributed by atoms with Crippen LogP contribution in [0.25, 0.3) is 0 Å². The third kappa shape index (κ3) is 1.48. The van der Waals surface area contributed by atoms with Crippen molar-refractivity contribution in [3.63, 3.8) is 0 Å². The van der Waals surface area contributed by atoms with Crippen LogP contribution in [0.4, 0.5) is 0 Å². The Morgan fingerprint density at radius 2 is 2.46 bits per heavy atom. The third-order valence-corrected chi connectivity index (χ3v) is 2.72. The van der Waals surface area contributed by atoms with Gasteiger partial charge in [0.1, 0.15) is 18.4 Å². The minimum atomic E-state index is -0.133. The average molecular weight is 179 g/mol. The van der Waals surface area contributed by atoms with Crippen molar-refractivity contribution in [2.45, 2.75) is 38.1 Å². The zero-order chi connectivity index (χ0) is 9.31. The molecule has 13 heavy (non-hydrogen) atoms. The van der Waals surface area contributed by atoms with E-state index in [2.05, 4.69) is 17.0 Å². The van der Waals surface area contributed by atoms with Gasteiger partial charge in [0.15, 0.2) is 0 Å². The fraction of sp³-hybridized carbons (Fsp3) is 0.667. The molecule has 70 valence electrons. The van der Waals surface area contributed by atoms with Crippen LogP contribution >= 0.6 is 0 Å². The minimum absolute atomic E-state index is 0.133. The molecule has 1 unspecified atom stereocenters. The van der Waals surface area contributed by atoms with E-state index in [1.165, 1.54) is 6.33 Å². The Hall–Kier alpha value is -1.19. The monoisotopic (exact) mass is 179 g/mol. The second-order valence-electron chi connectivity index (χ2n) is 3.91. The van der Waals surface area contributed by atoms with Crippen LogP contribution < -0.4 is 0 Å². The Morgan fingerprint density at radius 1 is 1.62 bits per heavy atom. The van der Waals surface area contributed by atoms with E-state index in [1.807, 2.05) is 4.68 Å². The molecule has 0 spiro atoms. The molecule has 1 aliphatic carbocycles. The van der Waals surface area contributed by atoms with Crippen LogP contribution in [0.5, 0.6) is 0 Å². The lowest BCUT2D eigenvalue weighted by atomic mass is 9.83. The Balaban J connectivity index is 2.24. The van der Waals surface area contributed by atoms with Crippen molar-refractivity contribution < 1.29 is 4.79 Å². The van der Waals surface area contributed by atoms with Gasteiger partial charge in [-0.2, -0.15) is 5.10 Å². The zero-order valence-corrected chi connectivity index (χ0v) is 7.73. The zero-order valence-electron chi connectivity index (χ0n) is 7.73. The molecule has 1 heterocycles. The molecule has 0 aliphatic heterocycles. The summed E-state index contributed by atoms with van der Waals surface area (Å²) in [5, 5.41) is 4.10. The number of aromatic nitrogens is 3. The molecule has 4 nitrogen and oxygen atoms in total. The van der Waals surface area contributed by atoms with Crippen LogP contribution in [0.3, 0.4) is 0 Å². The van der Waals surface area contributed by atoms with Crippen LogP contribution in [0.2, 0.25) is 0 Å². The molecule has 0 bridgehead atoms. The van der Waals surface area contributed by atoms with Gasteiger partial charge in [0.2, 0.25) is 0 Å². The first-order valence-corrected chi connectivity index (χ1v) is 4.57. The first-order chi connectivity index (χ1) is 6.21. The topological polar surface area (TPSA) is 47.8 Å². The first-order valence-electron chi connectivity index (χ1n) is 4.57. The number of carbonyl (C=O) groups excluding carboxylic acids is 1. The number of hydrogen-bond donors (Lipinski definition) is 0. The van der Waals surface area contributed by atoms with Gasteiger partial charge in [-0.15, -0.1) is 0 Å². The maximum absolute atomic E-state index is 11.3. The molecule has 0 aromatic carbocycles. The Labute approximate surface area is 77.0 Å². The molecule has 1 fully saturated rings. The number of rotatable bonds is 1. The summed E-state index contributed by atoms with van der Waals surface area (Å²) in [6, 6.07) is 0. The quantitative estimate of drug-likeness (QED) is 0.649. The van der Waals surface area contributed by atoms with E-state index in [9.17, 15) is 4.79 Å². The third-order valence-electron chi connectivity index (χ3n) is 2.72. The van der Waals surface area contributed by atoms with Gasteiger partial charge in [0, 0.05) is 12.8 Å². The van der Waals surface area contributed by atoms with Crippen molar-refractivity contribution in [2.24, 2.45) is 0 Å². The van der Waals surface area contributed by atoms with E-state index in [4.69, 9.17) is 0 Å². The SMILES string of the molecule is CC1(n2cncn2)CCCC(=O)C1. The highest BCUT2D eigenvalue weighted by atomic mass is 16.1. The molecule has 0 radical (unpaired) electrons. The summed E-state index contributed by atoms with van der Waals surface area (Å²) in [5.74, 6) is 0.337. The van der Waals surface area contributed by atoms with Crippen LogP contribution in [-0.2, 0) is 10.3 Å². The summed E-state index contributed by atoms with van der Waals surface area (Å²) < 4.78 is 1.81. The van der Waals surface area contributed by atoms with E-state index >= 15 is 0 Å². The van der Waals surface area contributed by atoms with Gasteiger partial charge in [-0.05, 0) is 19.8 Å². The number of hydrogen-bond acceptors (Lipinski definition) is 3. The number of carbonyl (C=O) groups is 1. The van der Waals surface area contributed by atoms with Crippen LogP contribution in [0.1, 0.15) is 32.6 Å². The van der Waals surface area contributed by atoms with Gasteiger partial charge >= 0.3 is 0 Å². The van der Waals surface area contributed by atoms with E-state index in [-0.39, 0.29) is 5.54 Å². The fourth-order valence-corrected chi connectivity index (χ4v) is 1.95. The highest BCUT2D eigenvalue weighted by Crippen LogP contribution is 2.31. The van der Waals surface area contributed by atoms with Gasteiger partial charge in [0.05, 0.1) is 5.54 Å². The molecule has 2 rings (SSSR count). The smallest absolute Gasteiger partial charge is 0.137 e. The molecular formula is C9H13N3O. The predicted octanol–water partition coefficient (Wildman–Crippen LogP) is 1.14. The normalized spacial score (nSPS) is 29.2. The largest absolute Gasteiger partial charge is 0.300 e. The Kier molecular flexibility index (Phi) is 1.90. The first kappa shape index (κ1) is 8.41. The lowest BCUT2D eigenvalue weighted by molar-refractivity contribution is -0.123. The summed E-state index contributed by atoms with van der Waals surface area (Å²) in [6.07, 6.45) is 6.51. The molecular weight excluding hydrogens is 166 g/mol. The van der Waals surface area contributed by atoms with Gasteiger partial charge < -0.3 is 0 Å². The molecule has 0 amide bonds. The lowest BCUT2D eigenvalue weighted by Gasteiger charge is -2.32. The highest BCUT2D eigenvalue weighted by Gasteiger charge is 2.33. The van der Waals surface area contributed by atoms with E-state index in [1.54, 1.807) is 6.33 Å². The van der Waals surface area contributed by atoms with Crippen molar-refractivity contribution in [3.8, 4) is 0 Å². The summed E-state index contributed by atoms with van der Waals surface area (Å²) >= 11 is 0. The second kappa shape index (κ2) is 2.94. The van der Waals surface area contributed by atoms with E-state index in [0.717, 1.165) is 19.3 Å². The minimum Gasteiger partial charge on any atom is -0.300 e. The second-order valence-corrected chi connectivity index (χ2v) is 3.91. The molecule has 4 heteroatoms. The molecule has 0 saturated heterocycles. The highest BCUT2D eigenvalue weighted by molar-refractivity contribution is 5.80. The van der Waals surface area contributed by atoms with Crippen LogP contribution in [-0.4, -0.2) is 20.5 Å². The summed E-state index contributed by atoms with van der Waals surface area (Å²) in [5.41, 5.74) is -0.133. The maximum Gasteiger partial charge on any atom is 0.137 e. The van der Waals surface area contributed by atoms with Crippen molar-refractivity contribution in [1.29, 1.82) is 0 Å². The van der Waals surface area contributed by atoms with Crippen LogP contribution in [0.15, 0.2) is 12.7 Å². The molecule has 1 atom stereocenters. The van der Waals surface area contributed by atoms with Gasteiger partial charge in [0.25, 0.3) is 0 Å². The van der Waals surface area contributed by atoms with Crippen molar-refractivity contribution in [3.05, 3.63) is 12.7 Å². The fourth-order valence-electron chi connectivity index (χ4n) is 1.95. The van der Waals surface area contributed by atoms with Gasteiger partial charge in [-0.25, -0.2) is 9.67 Å². The van der Waals surface area contributed by atoms with Crippen LogP contribution in [0, 0.1) is 0 Å². The molecule has 1 aromatic rings. The van der Waals surface area contributed by atoms with Gasteiger partial charge in [-0.3, -0.25) is 4.79 Å². The lowest BCUT2D eigenvalue weighted by Crippen LogP contribution is -2.36. The summed E-state index contributed by atoms with van der Waals surface area (Å²) in [6.45, 7) is 2.07. The van der Waals surface area contributed by atoms with Gasteiger partial charge in [-0.1, -0.05) is 0 Å². The summed E-state index contributed by atoms with van der Waals surface area (Å²) in [4.78, 5) is 15.2. The molecule has 1 aliphatic rings. The Bertz CT molecular complexity index is 307. The molecule has 1 saturated carbocycles. The molecule has 0 N–H and O–H groups in total. The number of nitrogens with zero attached hydrogens (tertiary/aromatic N) is 3. The molecule has 1 aromatic heterocycles. The van der Waals surface area contributed by atoms with E-state index < -0.39 is 0 Å². The Morgan fingerprint density at radius 3 is 3.08 bits per heavy atom. The maximum atomic E-state index is 11.3. The predicted molar refractivity (Wildman–Crippen MR) is 47.1 cm³/mol. The van der Waals surface area contributed by atoms with Crippen molar-refractivity contribution in [1.82, 2.24) is 14.8 Å².